The minimum absolute atomic E-state index is 0.00937. The molecule has 0 radical (unpaired) electrons. The first-order valence-electron chi connectivity index (χ1n) is 15.0. The van der Waals surface area contributed by atoms with Crippen LogP contribution in [0.3, 0.4) is 0 Å². The number of carbonyl (C=O) groups is 2. The normalized spacial score (nSPS) is 25.3. The van der Waals surface area contributed by atoms with Crippen molar-refractivity contribution in [3.05, 3.63) is 59.9 Å². The Kier molecular flexibility index (Phi) is 7.88. The molecule has 3 aliphatic rings. The molecule has 3 aromatic rings. The van der Waals surface area contributed by atoms with E-state index in [1.807, 2.05) is 36.5 Å². The number of ether oxygens (including phenoxy) is 2. The summed E-state index contributed by atoms with van der Waals surface area (Å²) in [5.41, 5.74) is 1.95. The third-order valence-corrected chi connectivity index (χ3v) is 13.9. The van der Waals surface area contributed by atoms with E-state index in [2.05, 4.69) is 53.1 Å². The summed E-state index contributed by atoms with van der Waals surface area (Å²) < 4.78 is 14.3. The lowest BCUT2D eigenvalue weighted by Gasteiger charge is -2.37. The van der Waals surface area contributed by atoms with Gasteiger partial charge in [0.25, 0.3) is 5.91 Å². The van der Waals surface area contributed by atoms with E-state index in [-0.39, 0.29) is 36.0 Å². The van der Waals surface area contributed by atoms with Gasteiger partial charge in [0.15, 0.2) is 5.60 Å². The average molecular weight is 605 g/mol. The van der Waals surface area contributed by atoms with Crippen LogP contribution in [-0.4, -0.2) is 79.4 Å². The molecule has 2 fully saturated rings. The Morgan fingerprint density at radius 2 is 1.98 bits per heavy atom. The molecule has 12 heteroatoms. The zero-order valence-electron chi connectivity index (χ0n) is 25.2. The maximum absolute atomic E-state index is 14.0. The number of aryl methyl sites for hydroxylation is 1. The highest BCUT2D eigenvalue weighted by Gasteiger charge is 2.64. The highest BCUT2D eigenvalue weighted by molar-refractivity contribution is 6.91. The number of methoxy groups -OCH3 is 1. The third kappa shape index (κ3) is 5.05. The maximum atomic E-state index is 14.0. The van der Waals surface area contributed by atoms with Crippen LogP contribution < -0.4 is 25.5 Å². The van der Waals surface area contributed by atoms with E-state index in [0.717, 1.165) is 28.4 Å². The van der Waals surface area contributed by atoms with E-state index in [1.54, 1.807) is 16.7 Å². The van der Waals surface area contributed by atoms with Crippen LogP contribution in [0.4, 0.5) is 11.4 Å². The molecule has 4 heterocycles. The minimum atomic E-state index is -2.27. The highest BCUT2D eigenvalue weighted by atomic mass is 28.3. The summed E-state index contributed by atoms with van der Waals surface area (Å²) in [6.07, 6.45) is 2.73. The second-order valence-electron chi connectivity index (χ2n) is 12.3. The van der Waals surface area contributed by atoms with Crippen molar-refractivity contribution in [2.24, 2.45) is 5.92 Å². The predicted octanol–water partition coefficient (Wildman–Crippen LogP) is 2.02. The summed E-state index contributed by atoms with van der Waals surface area (Å²) in [4.78, 5) is 28.6. The van der Waals surface area contributed by atoms with E-state index in [9.17, 15) is 14.7 Å². The van der Waals surface area contributed by atoms with Gasteiger partial charge in [-0.15, -0.1) is 5.10 Å². The molecule has 0 aliphatic carbocycles. The highest BCUT2D eigenvalue weighted by Crippen LogP contribution is 2.59. The number of rotatable bonds is 9. The van der Waals surface area contributed by atoms with Crippen molar-refractivity contribution in [2.45, 2.75) is 56.7 Å². The number of carbonyl (C=O) groups excluding carboxylic acids is 2. The number of hydrogen-bond donors (Lipinski definition) is 3. The van der Waals surface area contributed by atoms with E-state index in [0.29, 0.717) is 39.0 Å². The monoisotopic (exact) mass is 604 g/mol. The summed E-state index contributed by atoms with van der Waals surface area (Å²) in [6.45, 7) is 9.01. The van der Waals surface area contributed by atoms with Crippen LogP contribution in [-0.2, 0) is 32.9 Å². The van der Waals surface area contributed by atoms with Gasteiger partial charge < -0.3 is 30.1 Å². The molecule has 1 aromatic heterocycles. The Morgan fingerprint density at radius 3 is 2.70 bits per heavy atom. The lowest BCUT2D eigenvalue weighted by Crippen LogP contribution is -2.51. The number of aliphatic hydroxyl groups is 1. The Morgan fingerprint density at radius 1 is 1.19 bits per heavy atom. The summed E-state index contributed by atoms with van der Waals surface area (Å²) in [6, 6.07) is 14.1. The minimum Gasteiger partial charge on any atom is -0.497 e. The van der Waals surface area contributed by atoms with Crippen molar-refractivity contribution < 1.29 is 24.2 Å². The van der Waals surface area contributed by atoms with Gasteiger partial charge in [-0.1, -0.05) is 42.6 Å². The van der Waals surface area contributed by atoms with Gasteiger partial charge in [-0.05, 0) is 42.3 Å². The van der Waals surface area contributed by atoms with E-state index in [4.69, 9.17) is 9.47 Å². The molecule has 4 atom stereocenters. The number of benzene rings is 2. The molecule has 0 saturated carbocycles. The van der Waals surface area contributed by atoms with Crippen LogP contribution in [0.2, 0.25) is 18.6 Å². The van der Waals surface area contributed by atoms with Crippen molar-refractivity contribution in [1.82, 2.24) is 20.3 Å². The largest absolute Gasteiger partial charge is 0.497 e. The van der Waals surface area contributed by atoms with Crippen molar-refractivity contribution >= 4 is 36.4 Å². The number of aromatic nitrogens is 3. The summed E-state index contributed by atoms with van der Waals surface area (Å²) in [7, 11) is -0.601. The van der Waals surface area contributed by atoms with E-state index < -0.39 is 13.7 Å². The van der Waals surface area contributed by atoms with Gasteiger partial charge in [0.05, 0.1) is 33.5 Å². The van der Waals surface area contributed by atoms with E-state index in [1.165, 1.54) is 5.19 Å². The molecule has 2 saturated heterocycles. The molecule has 3 aliphatic heterocycles. The summed E-state index contributed by atoms with van der Waals surface area (Å²) in [5.74, 6) is 0.519. The quantitative estimate of drug-likeness (QED) is 0.317. The molecule has 11 nitrogen and oxygen atoms in total. The fourth-order valence-electron chi connectivity index (χ4n) is 7.37. The van der Waals surface area contributed by atoms with Gasteiger partial charge in [-0.25, -0.2) is 0 Å². The molecule has 1 spiro atoms. The number of nitrogens with one attached hydrogen (secondary N) is 2. The number of nitrogens with zero attached hydrogens (tertiary/aromatic N) is 4. The van der Waals surface area contributed by atoms with Gasteiger partial charge in [0, 0.05) is 61.7 Å². The van der Waals surface area contributed by atoms with Crippen LogP contribution >= 0.6 is 0 Å². The SMILES string of the molecule is COc1ccc([Si](C)(C)[C@@H]2[C@@H](CCn3cc(CCO)nn3)O[C@]3(C(=O)Nc4ccc(N5CCNCC5=O)cc43)[C@H]2C)cc1. The lowest BCUT2D eigenvalue weighted by atomic mass is 9.82. The number of amides is 2. The second kappa shape index (κ2) is 11.5. The predicted molar refractivity (Wildman–Crippen MR) is 165 cm³/mol. The fraction of sp³-hybridized carbons (Fsp3) is 0.484. The van der Waals surface area contributed by atoms with Crippen LogP contribution in [0.1, 0.15) is 24.6 Å². The fourth-order valence-corrected chi connectivity index (χ4v) is 11.4. The van der Waals surface area contributed by atoms with Crippen molar-refractivity contribution in [1.29, 1.82) is 0 Å². The zero-order chi connectivity index (χ0) is 30.4. The summed E-state index contributed by atoms with van der Waals surface area (Å²) in [5, 5.41) is 25.2. The molecular weight excluding hydrogens is 564 g/mol. The average Bonchev–Trinajstić information content (AvgIpc) is 3.66. The van der Waals surface area contributed by atoms with Crippen LogP contribution in [0.5, 0.6) is 5.75 Å². The topological polar surface area (TPSA) is 131 Å². The Labute approximate surface area is 252 Å². The van der Waals surface area contributed by atoms with Crippen LogP contribution in [0.15, 0.2) is 48.7 Å². The molecule has 2 amide bonds. The number of anilines is 2. The molecule has 3 N–H and O–H groups in total. The van der Waals surface area contributed by atoms with Crippen molar-refractivity contribution in [3.63, 3.8) is 0 Å². The van der Waals surface area contributed by atoms with Gasteiger partial charge in [0.2, 0.25) is 5.91 Å². The number of fused-ring (bicyclic) bond motifs is 2. The molecule has 0 bridgehead atoms. The standard InChI is InChI=1S/C31H40N6O5Si/c1-20-29(43(3,4)24-8-6-23(41-2)7-9-24)27(11-14-36-19-21(12-16-38)34-35-36)42-31(20)25-17-22(5-10-26(25)33-30(31)40)37-15-13-32-18-28(37)39/h5-10,17,19-20,27,29,32,38H,11-16,18H2,1-4H3,(H,33,40)/t20-,27+,29-,31+/m0/s1. The molecule has 228 valence electrons. The maximum Gasteiger partial charge on any atom is 0.261 e. The first-order valence-corrected chi connectivity index (χ1v) is 18.1. The number of hydrogen-bond acceptors (Lipinski definition) is 8. The second-order valence-corrected chi connectivity index (χ2v) is 17.0. The lowest BCUT2D eigenvalue weighted by molar-refractivity contribution is -0.143. The smallest absolute Gasteiger partial charge is 0.261 e. The summed E-state index contributed by atoms with van der Waals surface area (Å²) >= 11 is 0. The zero-order valence-corrected chi connectivity index (χ0v) is 26.2. The van der Waals surface area contributed by atoms with Gasteiger partial charge in [0.1, 0.15) is 5.75 Å². The van der Waals surface area contributed by atoms with Gasteiger partial charge in [-0.3, -0.25) is 14.3 Å². The number of aliphatic hydroxyl groups excluding tert-OH is 1. The Balaban J connectivity index is 1.39. The van der Waals surface area contributed by atoms with Crippen molar-refractivity contribution in [2.75, 3.05) is 43.6 Å². The molecule has 6 rings (SSSR count). The molecule has 43 heavy (non-hydrogen) atoms. The third-order valence-electron chi connectivity index (χ3n) is 9.57. The molecule has 0 unspecified atom stereocenters. The van der Waals surface area contributed by atoms with Gasteiger partial charge >= 0.3 is 0 Å². The van der Waals surface area contributed by atoms with Crippen LogP contribution in [0, 0.1) is 5.92 Å². The van der Waals surface area contributed by atoms with Crippen LogP contribution in [0.25, 0.3) is 0 Å². The first kappa shape index (κ1) is 29.5. The number of piperazine rings is 1. The first-order chi connectivity index (χ1) is 20.7. The molecule has 2 aromatic carbocycles. The van der Waals surface area contributed by atoms with Gasteiger partial charge in [-0.2, -0.15) is 0 Å². The molecular formula is C31H40N6O5Si. The Hall–Kier alpha value is -3.58. The Bertz CT molecular complexity index is 1510. The van der Waals surface area contributed by atoms with E-state index >= 15 is 0 Å². The van der Waals surface area contributed by atoms with Crippen molar-refractivity contribution in [3.8, 4) is 5.75 Å².